The van der Waals surface area contributed by atoms with Crippen LogP contribution in [-0.2, 0) is 16.1 Å². The van der Waals surface area contributed by atoms with Crippen LogP contribution in [0.2, 0.25) is 0 Å². The number of rotatable bonds is 8. The van der Waals surface area contributed by atoms with E-state index in [-0.39, 0.29) is 12.5 Å². The van der Waals surface area contributed by atoms with Crippen molar-refractivity contribution >= 4 is 16.8 Å². The highest BCUT2D eigenvalue weighted by atomic mass is 16.5. The lowest BCUT2D eigenvalue weighted by Gasteiger charge is -2.06. The largest absolute Gasteiger partial charge is 0.382 e. The predicted octanol–water partition coefficient (Wildman–Crippen LogP) is 3.25. The summed E-state index contributed by atoms with van der Waals surface area (Å²) in [6.45, 7) is 4.16. The number of nitrogens with one attached hydrogen (secondary N) is 1. The Morgan fingerprint density at radius 1 is 1.12 bits per heavy atom. The Morgan fingerprint density at radius 2 is 1.88 bits per heavy atom. The van der Waals surface area contributed by atoms with Gasteiger partial charge >= 0.3 is 0 Å². The van der Waals surface area contributed by atoms with Crippen LogP contribution in [0.15, 0.2) is 54.6 Å². The Hall–Kier alpha value is -2.66. The summed E-state index contributed by atoms with van der Waals surface area (Å²) < 4.78 is 7.05. The maximum Gasteiger partial charge on any atom is 0.241 e. The van der Waals surface area contributed by atoms with Crippen LogP contribution in [-0.4, -0.2) is 35.4 Å². The Kier molecular flexibility index (Phi) is 5.80. The number of benzene rings is 2. The zero-order chi connectivity index (χ0) is 17.5. The summed E-state index contributed by atoms with van der Waals surface area (Å²) in [5.41, 5.74) is 2.92. The van der Waals surface area contributed by atoms with Crippen LogP contribution in [0.5, 0.6) is 0 Å². The number of carbonyl (C=O) groups excluding carboxylic acids is 1. The third kappa shape index (κ3) is 4.25. The molecule has 0 bridgehead atoms. The van der Waals surface area contributed by atoms with Crippen molar-refractivity contribution in [1.29, 1.82) is 0 Å². The summed E-state index contributed by atoms with van der Waals surface area (Å²) in [6, 6.07) is 18.0. The normalized spacial score (nSPS) is 10.9. The molecule has 0 unspecified atom stereocenters. The maximum atomic E-state index is 12.2. The van der Waals surface area contributed by atoms with E-state index in [0.29, 0.717) is 19.8 Å². The zero-order valence-corrected chi connectivity index (χ0v) is 14.4. The van der Waals surface area contributed by atoms with E-state index in [1.165, 1.54) is 0 Å². The lowest BCUT2D eigenvalue weighted by molar-refractivity contribution is -0.121. The average molecular weight is 337 g/mol. The van der Waals surface area contributed by atoms with Gasteiger partial charge in [-0.05, 0) is 19.4 Å². The summed E-state index contributed by atoms with van der Waals surface area (Å²) in [5, 5.41) is 8.67. The second kappa shape index (κ2) is 8.44. The Bertz CT molecular complexity index is 827. The molecule has 5 nitrogen and oxygen atoms in total. The van der Waals surface area contributed by atoms with Gasteiger partial charge in [-0.15, -0.1) is 0 Å². The quantitative estimate of drug-likeness (QED) is 0.642. The molecule has 0 saturated carbocycles. The van der Waals surface area contributed by atoms with Crippen molar-refractivity contribution < 1.29 is 9.53 Å². The molecule has 1 amide bonds. The molecule has 0 fully saturated rings. The Balaban J connectivity index is 1.75. The SMILES string of the molecule is CCOCCCNC(=O)Cn1nc(-c2ccccc2)c2ccccc21. The number of carbonyl (C=O) groups is 1. The standard InChI is InChI=1S/C20H23N3O2/c1-2-25-14-8-13-21-19(24)15-23-18-12-7-6-11-17(18)20(22-23)16-9-4-3-5-10-16/h3-7,9-12H,2,8,13-15H2,1H3,(H,21,24). The van der Waals surface area contributed by atoms with E-state index < -0.39 is 0 Å². The summed E-state index contributed by atoms with van der Waals surface area (Å²) in [7, 11) is 0. The third-order valence-electron chi connectivity index (χ3n) is 3.99. The molecule has 25 heavy (non-hydrogen) atoms. The molecule has 1 aromatic heterocycles. The van der Waals surface area contributed by atoms with Crippen molar-refractivity contribution in [3.8, 4) is 11.3 Å². The molecule has 0 aliphatic heterocycles. The molecule has 0 radical (unpaired) electrons. The monoisotopic (exact) mass is 337 g/mol. The molecule has 5 heteroatoms. The van der Waals surface area contributed by atoms with Crippen LogP contribution >= 0.6 is 0 Å². The van der Waals surface area contributed by atoms with E-state index in [1.807, 2.05) is 61.5 Å². The van der Waals surface area contributed by atoms with Gasteiger partial charge in [0.25, 0.3) is 0 Å². The van der Waals surface area contributed by atoms with E-state index >= 15 is 0 Å². The van der Waals surface area contributed by atoms with Crippen LogP contribution in [0.1, 0.15) is 13.3 Å². The van der Waals surface area contributed by atoms with Gasteiger partial charge < -0.3 is 10.1 Å². The molecule has 0 saturated heterocycles. The minimum absolute atomic E-state index is 0.0376. The fourth-order valence-corrected chi connectivity index (χ4v) is 2.80. The summed E-state index contributed by atoms with van der Waals surface area (Å²) in [4.78, 5) is 12.2. The van der Waals surface area contributed by atoms with Crippen molar-refractivity contribution in [2.75, 3.05) is 19.8 Å². The minimum atomic E-state index is -0.0376. The molecule has 3 rings (SSSR count). The lowest BCUT2D eigenvalue weighted by atomic mass is 10.1. The fraction of sp³-hybridized carbons (Fsp3) is 0.300. The summed E-state index contributed by atoms with van der Waals surface area (Å²) in [5.74, 6) is -0.0376. The molecule has 0 atom stereocenters. The minimum Gasteiger partial charge on any atom is -0.382 e. The molecule has 130 valence electrons. The molecular weight excluding hydrogens is 314 g/mol. The van der Waals surface area contributed by atoms with Gasteiger partial charge in [-0.25, -0.2) is 0 Å². The first-order chi connectivity index (χ1) is 12.3. The van der Waals surface area contributed by atoms with Gasteiger partial charge in [-0.1, -0.05) is 48.5 Å². The smallest absolute Gasteiger partial charge is 0.241 e. The lowest BCUT2D eigenvalue weighted by Crippen LogP contribution is -2.29. The molecule has 3 aromatic rings. The molecule has 0 spiro atoms. The first-order valence-corrected chi connectivity index (χ1v) is 8.65. The second-order valence-corrected chi connectivity index (χ2v) is 5.79. The highest BCUT2D eigenvalue weighted by Crippen LogP contribution is 2.27. The van der Waals surface area contributed by atoms with Crippen molar-refractivity contribution in [2.24, 2.45) is 0 Å². The van der Waals surface area contributed by atoms with Gasteiger partial charge in [0.15, 0.2) is 0 Å². The van der Waals surface area contributed by atoms with Gasteiger partial charge in [-0.3, -0.25) is 9.48 Å². The van der Waals surface area contributed by atoms with Crippen molar-refractivity contribution in [2.45, 2.75) is 19.9 Å². The zero-order valence-electron chi connectivity index (χ0n) is 14.4. The van der Waals surface area contributed by atoms with Gasteiger partial charge in [-0.2, -0.15) is 5.10 Å². The summed E-state index contributed by atoms with van der Waals surface area (Å²) in [6.07, 6.45) is 0.814. The first kappa shape index (κ1) is 17.2. The van der Waals surface area contributed by atoms with Gasteiger partial charge in [0.05, 0.1) is 5.52 Å². The van der Waals surface area contributed by atoms with Crippen molar-refractivity contribution in [1.82, 2.24) is 15.1 Å². The van der Waals surface area contributed by atoms with Crippen LogP contribution in [0.3, 0.4) is 0 Å². The third-order valence-corrected chi connectivity index (χ3v) is 3.99. The van der Waals surface area contributed by atoms with Gasteiger partial charge in [0.2, 0.25) is 5.91 Å². The molecule has 0 aliphatic carbocycles. The number of nitrogens with zero attached hydrogens (tertiary/aromatic N) is 2. The van der Waals surface area contributed by atoms with Gasteiger partial charge in [0.1, 0.15) is 12.2 Å². The molecular formula is C20H23N3O2. The fourth-order valence-electron chi connectivity index (χ4n) is 2.80. The van der Waals surface area contributed by atoms with Crippen molar-refractivity contribution in [3.05, 3.63) is 54.6 Å². The number of fused-ring (bicyclic) bond motifs is 1. The van der Waals surface area contributed by atoms with Gasteiger partial charge in [0, 0.05) is 30.7 Å². The van der Waals surface area contributed by atoms with Crippen LogP contribution in [0.4, 0.5) is 0 Å². The highest BCUT2D eigenvalue weighted by molar-refractivity contribution is 5.94. The second-order valence-electron chi connectivity index (χ2n) is 5.79. The van der Waals surface area contributed by atoms with E-state index in [2.05, 4.69) is 10.4 Å². The highest BCUT2D eigenvalue weighted by Gasteiger charge is 2.13. The number of hydrogen-bond acceptors (Lipinski definition) is 3. The predicted molar refractivity (Wildman–Crippen MR) is 99.3 cm³/mol. The average Bonchev–Trinajstić information content (AvgIpc) is 3.01. The molecule has 0 aliphatic rings. The number of para-hydroxylation sites is 1. The van der Waals surface area contributed by atoms with E-state index in [4.69, 9.17) is 4.74 Å². The maximum absolute atomic E-state index is 12.2. The van der Waals surface area contributed by atoms with Crippen LogP contribution in [0, 0.1) is 0 Å². The van der Waals surface area contributed by atoms with Crippen LogP contribution < -0.4 is 5.32 Å². The van der Waals surface area contributed by atoms with E-state index in [9.17, 15) is 4.79 Å². The molecule has 1 heterocycles. The topological polar surface area (TPSA) is 56.1 Å². The number of ether oxygens (including phenoxy) is 1. The number of amides is 1. The summed E-state index contributed by atoms with van der Waals surface area (Å²) >= 11 is 0. The van der Waals surface area contributed by atoms with Crippen molar-refractivity contribution in [3.63, 3.8) is 0 Å². The van der Waals surface area contributed by atoms with Crippen LogP contribution in [0.25, 0.3) is 22.2 Å². The molecule has 2 aromatic carbocycles. The number of aromatic nitrogens is 2. The molecule has 1 N–H and O–H groups in total. The first-order valence-electron chi connectivity index (χ1n) is 8.65. The Morgan fingerprint density at radius 3 is 2.68 bits per heavy atom. The Labute approximate surface area is 147 Å². The van der Waals surface area contributed by atoms with E-state index in [0.717, 1.165) is 28.6 Å². The number of hydrogen-bond donors (Lipinski definition) is 1. The van der Waals surface area contributed by atoms with E-state index in [1.54, 1.807) is 4.68 Å².